The number of amides is 1. The van der Waals surface area contributed by atoms with Crippen LogP contribution in [0.2, 0.25) is 0 Å². The predicted molar refractivity (Wildman–Crippen MR) is 86.6 cm³/mol. The molecule has 0 radical (unpaired) electrons. The smallest absolute Gasteiger partial charge is 0.265 e. The van der Waals surface area contributed by atoms with E-state index in [1.54, 1.807) is 0 Å². The van der Waals surface area contributed by atoms with Crippen molar-refractivity contribution in [2.45, 2.75) is 31.4 Å². The Balaban J connectivity index is 1.47. The molecule has 4 nitrogen and oxygen atoms in total. The Morgan fingerprint density at radius 2 is 1.83 bits per heavy atom. The van der Waals surface area contributed by atoms with Crippen LogP contribution in [0.3, 0.4) is 0 Å². The summed E-state index contributed by atoms with van der Waals surface area (Å²) in [6.45, 7) is 0.247. The van der Waals surface area contributed by atoms with Gasteiger partial charge in [-0.25, -0.2) is 0 Å². The summed E-state index contributed by atoms with van der Waals surface area (Å²) in [5.74, 6) is 1.21. The number of fused-ring (bicyclic) bond motifs is 2. The average Bonchev–Trinajstić information content (AvgIpc) is 2.61. The molecule has 0 aromatic heterocycles. The van der Waals surface area contributed by atoms with E-state index in [0.29, 0.717) is 11.5 Å². The van der Waals surface area contributed by atoms with Gasteiger partial charge in [-0.15, -0.1) is 0 Å². The van der Waals surface area contributed by atoms with Crippen molar-refractivity contribution in [2.75, 3.05) is 6.61 Å². The Morgan fingerprint density at radius 1 is 1.04 bits per heavy atom. The maximum absolute atomic E-state index is 12.6. The Labute approximate surface area is 135 Å². The molecule has 0 unspecified atom stereocenters. The lowest BCUT2D eigenvalue weighted by atomic mass is 9.87. The first-order chi connectivity index (χ1) is 11.3. The normalized spacial score (nSPS) is 22.1. The van der Waals surface area contributed by atoms with E-state index in [-0.39, 0.29) is 18.6 Å². The zero-order valence-corrected chi connectivity index (χ0v) is 12.8. The number of nitrogens with one attached hydrogen (secondary N) is 1. The molecule has 1 aliphatic carbocycles. The van der Waals surface area contributed by atoms with Crippen LogP contribution < -0.4 is 14.8 Å². The minimum atomic E-state index is -0.598. The number of hydrogen-bond acceptors (Lipinski definition) is 3. The fourth-order valence-electron chi connectivity index (χ4n) is 3.32. The van der Waals surface area contributed by atoms with Crippen LogP contribution in [-0.2, 0) is 11.2 Å². The fourth-order valence-corrected chi connectivity index (χ4v) is 3.32. The number of benzene rings is 2. The predicted octanol–water partition coefficient (Wildman–Crippen LogP) is 3.02. The van der Waals surface area contributed by atoms with Crippen molar-refractivity contribution in [3.05, 3.63) is 59.7 Å². The molecule has 4 heteroatoms. The monoisotopic (exact) mass is 309 g/mol. The summed E-state index contributed by atoms with van der Waals surface area (Å²) >= 11 is 0. The fraction of sp³-hybridized carbons (Fsp3) is 0.316. The first-order valence-corrected chi connectivity index (χ1v) is 8.08. The second kappa shape index (κ2) is 5.95. The molecule has 1 N–H and O–H groups in total. The topological polar surface area (TPSA) is 47.6 Å². The van der Waals surface area contributed by atoms with Crippen LogP contribution >= 0.6 is 0 Å². The van der Waals surface area contributed by atoms with Crippen molar-refractivity contribution in [3.63, 3.8) is 0 Å². The van der Waals surface area contributed by atoms with Gasteiger partial charge in [0.15, 0.2) is 11.5 Å². The SMILES string of the molecule is O=C(N[C@H]1CCCc2ccccc21)[C@@H]1COc2ccccc2O1. The zero-order valence-electron chi connectivity index (χ0n) is 12.8. The molecule has 0 fully saturated rings. The third-order valence-corrected chi connectivity index (χ3v) is 4.49. The molecule has 118 valence electrons. The van der Waals surface area contributed by atoms with Gasteiger partial charge in [0.1, 0.15) is 6.61 Å². The number of carbonyl (C=O) groups is 1. The van der Waals surface area contributed by atoms with E-state index in [2.05, 4.69) is 23.5 Å². The summed E-state index contributed by atoms with van der Waals surface area (Å²) in [5, 5.41) is 3.13. The summed E-state index contributed by atoms with van der Waals surface area (Å²) in [6.07, 6.45) is 2.54. The van der Waals surface area contributed by atoms with E-state index in [0.717, 1.165) is 19.3 Å². The van der Waals surface area contributed by atoms with E-state index in [1.807, 2.05) is 30.3 Å². The lowest BCUT2D eigenvalue weighted by molar-refractivity contribution is -0.131. The van der Waals surface area contributed by atoms with Crippen molar-refractivity contribution in [1.82, 2.24) is 5.32 Å². The summed E-state index contributed by atoms with van der Waals surface area (Å²) in [6, 6.07) is 15.8. The molecular formula is C19H19NO3. The Kier molecular flexibility index (Phi) is 3.66. The average molecular weight is 309 g/mol. The highest BCUT2D eigenvalue weighted by molar-refractivity contribution is 5.82. The van der Waals surface area contributed by atoms with Gasteiger partial charge in [0.2, 0.25) is 6.10 Å². The summed E-state index contributed by atoms with van der Waals surface area (Å²) in [7, 11) is 0. The third kappa shape index (κ3) is 2.77. The van der Waals surface area contributed by atoms with Crippen molar-refractivity contribution in [2.24, 2.45) is 0 Å². The first-order valence-electron chi connectivity index (χ1n) is 8.08. The molecule has 1 heterocycles. The molecule has 23 heavy (non-hydrogen) atoms. The minimum Gasteiger partial charge on any atom is -0.485 e. The van der Waals surface area contributed by atoms with Crippen molar-refractivity contribution in [1.29, 1.82) is 0 Å². The lowest BCUT2D eigenvalue weighted by Gasteiger charge is -2.30. The largest absolute Gasteiger partial charge is 0.485 e. The van der Waals surface area contributed by atoms with Gasteiger partial charge in [-0.2, -0.15) is 0 Å². The first kappa shape index (κ1) is 14.1. The van der Waals surface area contributed by atoms with Crippen LogP contribution in [-0.4, -0.2) is 18.6 Å². The summed E-state index contributed by atoms with van der Waals surface area (Å²) in [5.41, 5.74) is 2.56. The molecule has 1 amide bonds. The number of aryl methyl sites for hydroxylation is 1. The quantitative estimate of drug-likeness (QED) is 0.927. The Bertz CT molecular complexity index is 728. The highest BCUT2D eigenvalue weighted by Gasteiger charge is 2.30. The van der Waals surface area contributed by atoms with Gasteiger partial charge in [-0.3, -0.25) is 4.79 Å². The van der Waals surface area contributed by atoms with Gasteiger partial charge in [0.05, 0.1) is 6.04 Å². The third-order valence-electron chi connectivity index (χ3n) is 4.49. The highest BCUT2D eigenvalue weighted by atomic mass is 16.6. The zero-order chi connectivity index (χ0) is 15.6. The van der Waals surface area contributed by atoms with E-state index < -0.39 is 6.10 Å². The molecule has 0 saturated heterocycles. The molecule has 2 aliphatic rings. The molecule has 2 atom stereocenters. The van der Waals surface area contributed by atoms with Crippen LogP contribution in [0.15, 0.2) is 48.5 Å². The standard InChI is InChI=1S/C19H19NO3/c21-19(18-12-22-16-10-3-4-11-17(16)23-18)20-15-9-5-7-13-6-1-2-8-14(13)15/h1-4,6,8,10-11,15,18H,5,7,9,12H2,(H,20,21)/t15-,18-/m0/s1. The number of hydrogen-bond donors (Lipinski definition) is 1. The van der Waals surface area contributed by atoms with Crippen molar-refractivity contribution < 1.29 is 14.3 Å². The van der Waals surface area contributed by atoms with Crippen molar-refractivity contribution in [3.8, 4) is 11.5 Å². The van der Waals surface area contributed by atoms with Gasteiger partial charge in [0, 0.05) is 0 Å². The Hall–Kier alpha value is -2.49. The molecule has 1 aliphatic heterocycles. The number of ether oxygens (including phenoxy) is 2. The van der Waals surface area contributed by atoms with Crippen LogP contribution in [0.4, 0.5) is 0 Å². The Morgan fingerprint density at radius 3 is 2.74 bits per heavy atom. The molecule has 2 aromatic rings. The van der Waals surface area contributed by atoms with E-state index in [4.69, 9.17) is 9.47 Å². The van der Waals surface area contributed by atoms with Crippen LogP contribution in [0.1, 0.15) is 30.0 Å². The highest BCUT2D eigenvalue weighted by Crippen LogP contribution is 2.32. The minimum absolute atomic E-state index is 0.0632. The van der Waals surface area contributed by atoms with E-state index in [9.17, 15) is 4.79 Å². The molecule has 2 aromatic carbocycles. The molecule has 0 saturated carbocycles. The molecular weight excluding hydrogens is 290 g/mol. The molecule has 4 rings (SSSR count). The summed E-state index contributed by atoms with van der Waals surface area (Å²) < 4.78 is 11.4. The van der Waals surface area contributed by atoms with Crippen LogP contribution in [0.25, 0.3) is 0 Å². The maximum Gasteiger partial charge on any atom is 0.265 e. The lowest BCUT2D eigenvalue weighted by Crippen LogP contribution is -2.45. The molecule has 0 spiro atoms. The van der Waals surface area contributed by atoms with E-state index in [1.165, 1.54) is 11.1 Å². The number of carbonyl (C=O) groups excluding carboxylic acids is 1. The van der Waals surface area contributed by atoms with Gasteiger partial charge >= 0.3 is 0 Å². The second-order valence-electron chi connectivity index (χ2n) is 6.02. The van der Waals surface area contributed by atoms with Crippen LogP contribution in [0, 0.1) is 0 Å². The van der Waals surface area contributed by atoms with Gasteiger partial charge in [0.25, 0.3) is 5.91 Å². The molecule has 0 bridgehead atoms. The van der Waals surface area contributed by atoms with Gasteiger partial charge < -0.3 is 14.8 Å². The van der Waals surface area contributed by atoms with Crippen LogP contribution in [0.5, 0.6) is 11.5 Å². The maximum atomic E-state index is 12.6. The second-order valence-corrected chi connectivity index (χ2v) is 6.02. The van der Waals surface area contributed by atoms with Gasteiger partial charge in [-0.05, 0) is 42.5 Å². The van der Waals surface area contributed by atoms with Crippen molar-refractivity contribution >= 4 is 5.91 Å². The van der Waals surface area contributed by atoms with Gasteiger partial charge in [-0.1, -0.05) is 36.4 Å². The summed E-state index contributed by atoms with van der Waals surface area (Å²) in [4.78, 5) is 12.6. The number of para-hydroxylation sites is 2. The van der Waals surface area contributed by atoms with E-state index >= 15 is 0 Å². The number of rotatable bonds is 2.